The standard InChI is InChI=1S/C13H15F2NO2/c1-8(9-5-10(14)7-11(15)6-9)16-4-2-3-12(16)13(17)18/h5-8,12H,2-4H2,1H3,(H,17,18). The minimum Gasteiger partial charge on any atom is -0.480 e. The third kappa shape index (κ3) is 2.51. The number of hydrogen-bond acceptors (Lipinski definition) is 2. The molecule has 1 heterocycles. The van der Waals surface area contributed by atoms with E-state index >= 15 is 0 Å². The molecule has 0 bridgehead atoms. The highest BCUT2D eigenvalue weighted by molar-refractivity contribution is 5.73. The first-order valence-electron chi connectivity index (χ1n) is 5.93. The molecule has 2 rings (SSSR count). The molecule has 18 heavy (non-hydrogen) atoms. The number of carboxylic acid groups (broad SMARTS) is 1. The van der Waals surface area contributed by atoms with Crippen LogP contribution in [-0.4, -0.2) is 28.6 Å². The molecule has 2 unspecified atom stereocenters. The molecular weight excluding hydrogens is 240 g/mol. The highest BCUT2D eigenvalue weighted by Crippen LogP contribution is 2.29. The Bertz CT molecular complexity index is 444. The summed E-state index contributed by atoms with van der Waals surface area (Å²) in [6.07, 6.45) is 1.37. The van der Waals surface area contributed by atoms with Crippen molar-refractivity contribution in [2.45, 2.75) is 31.8 Å². The van der Waals surface area contributed by atoms with E-state index in [9.17, 15) is 13.6 Å². The summed E-state index contributed by atoms with van der Waals surface area (Å²) < 4.78 is 26.3. The monoisotopic (exact) mass is 255 g/mol. The molecule has 1 aliphatic heterocycles. The zero-order valence-electron chi connectivity index (χ0n) is 10.1. The Labute approximate surface area is 104 Å². The van der Waals surface area contributed by atoms with Gasteiger partial charge in [0.05, 0.1) is 0 Å². The van der Waals surface area contributed by atoms with Crippen molar-refractivity contribution >= 4 is 5.97 Å². The van der Waals surface area contributed by atoms with E-state index in [0.29, 0.717) is 18.5 Å². The van der Waals surface area contributed by atoms with Gasteiger partial charge in [0.2, 0.25) is 0 Å². The number of nitrogens with zero attached hydrogens (tertiary/aromatic N) is 1. The summed E-state index contributed by atoms with van der Waals surface area (Å²) in [5, 5.41) is 9.10. The molecule has 0 radical (unpaired) electrons. The average Bonchev–Trinajstić information content (AvgIpc) is 2.75. The number of rotatable bonds is 3. The number of halogens is 2. The van der Waals surface area contributed by atoms with Gasteiger partial charge in [0.1, 0.15) is 17.7 Å². The van der Waals surface area contributed by atoms with Gasteiger partial charge < -0.3 is 5.11 Å². The maximum Gasteiger partial charge on any atom is 0.320 e. The van der Waals surface area contributed by atoms with Gasteiger partial charge in [-0.2, -0.15) is 0 Å². The highest BCUT2D eigenvalue weighted by atomic mass is 19.1. The van der Waals surface area contributed by atoms with E-state index in [4.69, 9.17) is 5.11 Å². The van der Waals surface area contributed by atoms with Gasteiger partial charge in [-0.1, -0.05) is 0 Å². The van der Waals surface area contributed by atoms with E-state index in [1.54, 1.807) is 11.8 Å². The van der Waals surface area contributed by atoms with Crippen LogP contribution in [0.2, 0.25) is 0 Å². The lowest BCUT2D eigenvalue weighted by atomic mass is 10.1. The Balaban J connectivity index is 2.24. The van der Waals surface area contributed by atoms with Crippen molar-refractivity contribution in [3.8, 4) is 0 Å². The number of likely N-dealkylation sites (tertiary alicyclic amines) is 1. The molecule has 1 saturated heterocycles. The smallest absolute Gasteiger partial charge is 0.320 e. The Morgan fingerprint density at radius 3 is 2.56 bits per heavy atom. The molecule has 1 aromatic rings. The molecule has 0 saturated carbocycles. The Kier molecular flexibility index (Phi) is 3.61. The van der Waals surface area contributed by atoms with Crippen LogP contribution in [0.15, 0.2) is 18.2 Å². The van der Waals surface area contributed by atoms with Crippen molar-refractivity contribution in [3.05, 3.63) is 35.4 Å². The van der Waals surface area contributed by atoms with Gasteiger partial charge >= 0.3 is 5.97 Å². The van der Waals surface area contributed by atoms with E-state index in [-0.39, 0.29) is 6.04 Å². The molecule has 0 amide bonds. The number of aliphatic carboxylic acids is 1. The second-order valence-corrected chi connectivity index (χ2v) is 4.61. The zero-order valence-corrected chi connectivity index (χ0v) is 10.1. The predicted octanol–water partition coefficient (Wildman–Crippen LogP) is 2.57. The van der Waals surface area contributed by atoms with Gasteiger partial charge in [-0.3, -0.25) is 9.69 Å². The van der Waals surface area contributed by atoms with Crippen molar-refractivity contribution in [2.24, 2.45) is 0 Å². The van der Waals surface area contributed by atoms with Crippen molar-refractivity contribution in [3.63, 3.8) is 0 Å². The van der Waals surface area contributed by atoms with Gasteiger partial charge in [0.15, 0.2) is 0 Å². The lowest BCUT2D eigenvalue weighted by molar-refractivity contribution is -0.142. The predicted molar refractivity (Wildman–Crippen MR) is 62.1 cm³/mol. The summed E-state index contributed by atoms with van der Waals surface area (Å²) in [6, 6.07) is 2.45. The van der Waals surface area contributed by atoms with Crippen molar-refractivity contribution in [2.75, 3.05) is 6.54 Å². The molecule has 0 aliphatic carbocycles. The minimum absolute atomic E-state index is 0.307. The van der Waals surface area contributed by atoms with Crippen molar-refractivity contribution in [1.82, 2.24) is 4.90 Å². The van der Waals surface area contributed by atoms with Crippen LogP contribution in [0.3, 0.4) is 0 Å². The third-order valence-electron chi connectivity index (χ3n) is 3.44. The Hall–Kier alpha value is -1.49. The normalized spacial score (nSPS) is 22.1. The van der Waals surface area contributed by atoms with Gasteiger partial charge in [-0.25, -0.2) is 8.78 Å². The molecule has 3 nitrogen and oxygen atoms in total. The number of carboxylic acids is 1. The summed E-state index contributed by atoms with van der Waals surface area (Å²) in [5.41, 5.74) is 0.473. The number of benzene rings is 1. The molecular formula is C13H15F2NO2. The van der Waals surface area contributed by atoms with Crippen LogP contribution in [0.5, 0.6) is 0 Å². The van der Waals surface area contributed by atoms with E-state index in [0.717, 1.165) is 12.5 Å². The minimum atomic E-state index is -0.878. The van der Waals surface area contributed by atoms with E-state index in [1.807, 2.05) is 0 Å². The molecule has 1 fully saturated rings. The van der Waals surface area contributed by atoms with Crippen LogP contribution in [0.1, 0.15) is 31.4 Å². The lowest BCUT2D eigenvalue weighted by Gasteiger charge is -2.28. The highest BCUT2D eigenvalue weighted by Gasteiger charge is 2.34. The zero-order chi connectivity index (χ0) is 13.3. The molecule has 2 atom stereocenters. The van der Waals surface area contributed by atoms with E-state index in [2.05, 4.69) is 0 Å². The average molecular weight is 255 g/mol. The molecule has 1 aromatic carbocycles. The van der Waals surface area contributed by atoms with Crippen LogP contribution in [0.4, 0.5) is 8.78 Å². The SMILES string of the molecule is CC(c1cc(F)cc(F)c1)N1CCCC1C(=O)O. The fraction of sp³-hybridized carbons (Fsp3) is 0.462. The molecule has 0 spiro atoms. The van der Waals surface area contributed by atoms with Gasteiger partial charge in [0.25, 0.3) is 0 Å². The molecule has 5 heteroatoms. The van der Waals surface area contributed by atoms with E-state index < -0.39 is 23.6 Å². The second kappa shape index (κ2) is 5.02. The topological polar surface area (TPSA) is 40.5 Å². The first-order valence-corrected chi connectivity index (χ1v) is 5.93. The molecule has 1 aliphatic rings. The van der Waals surface area contributed by atoms with Gasteiger partial charge in [-0.15, -0.1) is 0 Å². The number of hydrogen-bond donors (Lipinski definition) is 1. The fourth-order valence-electron chi connectivity index (χ4n) is 2.53. The second-order valence-electron chi connectivity index (χ2n) is 4.61. The molecule has 98 valence electrons. The summed E-state index contributed by atoms with van der Waals surface area (Å²) >= 11 is 0. The summed E-state index contributed by atoms with van der Waals surface area (Å²) in [6.45, 7) is 2.41. The first kappa shape index (κ1) is 13.0. The van der Waals surface area contributed by atoms with Crippen LogP contribution < -0.4 is 0 Å². The van der Waals surface area contributed by atoms with Gasteiger partial charge in [-0.05, 0) is 44.0 Å². The fourth-order valence-corrected chi connectivity index (χ4v) is 2.53. The van der Waals surface area contributed by atoms with Crippen LogP contribution >= 0.6 is 0 Å². The van der Waals surface area contributed by atoms with Gasteiger partial charge in [0, 0.05) is 12.1 Å². The summed E-state index contributed by atoms with van der Waals surface area (Å²) in [7, 11) is 0. The summed E-state index contributed by atoms with van der Waals surface area (Å²) in [4.78, 5) is 12.9. The third-order valence-corrected chi connectivity index (χ3v) is 3.44. The van der Waals surface area contributed by atoms with Crippen LogP contribution in [0.25, 0.3) is 0 Å². The maximum atomic E-state index is 13.2. The Morgan fingerprint density at radius 2 is 2.00 bits per heavy atom. The largest absolute Gasteiger partial charge is 0.480 e. The lowest BCUT2D eigenvalue weighted by Crippen LogP contribution is -2.37. The quantitative estimate of drug-likeness (QED) is 0.902. The van der Waals surface area contributed by atoms with E-state index in [1.165, 1.54) is 12.1 Å². The van der Waals surface area contributed by atoms with Crippen LogP contribution in [-0.2, 0) is 4.79 Å². The first-order chi connectivity index (χ1) is 8.49. The van der Waals surface area contributed by atoms with Crippen LogP contribution in [0, 0.1) is 11.6 Å². The van der Waals surface area contributed by atoms with Crippen molar-refractivity contribution in [1.29, 1.82) is 0 Å². The number of carbonyl (C=O) groups is 1. The molecule has 1 N–H and O–H groups in total. The van der Waals surface area contributed by atoms with Crippen molar-refractivity contribution < 1.29 is 18.7 Å². The Morgan fingerprint density at radius 1 is 1.39 bits per heavy atom. The molecule has 0 aromatic heterocycles. The summed E-state index contributed by atoms with van der Waals surface area (Å²) in [5.74, 6) is -2.15. The maximum absolute atomic E-state index is 13.2.